The van der Waals surface area contributed by atoms with Crippen LogP contribution in [-0.4, -0.2) is 0 Å². The van der Waals surface area contributed by atoms with E-state index in [2.05, 4.69) is 48.5 Å². The van der Waals surface area contributed by atoms with Gasteiger partial charge in [0, 0.05) is 0 Å². The number of allylic oxidation sites excluding steroid dienone is 4. The lowest BCUT2D eigenvalue weighted by molar-refractivity contribution is 0.242. The zero-order valence-electron chi connectivity index (χ0n) is 16.4. The molecule has 0 aliphatic heterocycles. The lowest BCUT2D eigenvalue weighted by Gasteiger charge is -2.42. The second-order valence-corrected chi connectivity index (χ2v) is 7.10. The Balaban J connectivity index is 3.52. The number of rotatable bonds is 7. The summed E-state index contributed by atoms with van der Waals surface area (Å²) in [4.78, 5) is 0. The zero-order chi connectivity index (χ0) is 16.8. The van der Waals surface area contributed by atoms with Gasteiger partial charge in [0.05, 0.1) is 0 Å². The van der Waals surface area contributed by atoms with E-state index in [-0.39, 0.29) is 0 Å². The van der Waals surface area contributed by atoms with Gasteiger partial charge in [-0.3, -0.25) is 0 Å². The van der Waals surface area contributed by atoms with E-state index in [1.807, 2.05) is 5.57 Å². The van der Waals surface area contributed by atoms with Crippen LogP contribution in [0.15, 0.2) is 22.3 Å². The molecule has 0 saturated heterocycles. The van der Waals surface area contributed by atoms with Crippen molar-refractivity contribution in [2.45, 2.75) is 106 Å². The SMILES string of the molecule is CCC1=C(CC)C(CC)CC(CC)(CC)C(CC)=C(CC)C1. The summed E-state index contributed by atoms with van der Waals surface area (Å²) < 4.78 is 0. The summed E-state index contributed by atoms with van der Waals surface area (Å²) in [6.45, 7) is 16.8. The molecule has 1 aliphatic carbocycles. The summed E-state index contributed by atoms with van der Waals surface area (Å²) in [5.41, 5.74) is 7.61. The molecule has 0 fully saturated rings. The first-order chi connectivity index (χ1) is 10.6. The molecule has 0 heteroatoms. The second kappa shape index (κ2) is 8.94. The fraction of sp³-hybridized carbons (Fsp3) is 0.818. The molecular formula is C22H40. The monoisotopic (exact) mass is 304 g/mol. The van der Waals surface area contributed by atoms with Crippen molar-refractivity contribution in [1.82, 2.24) is 0 Å². The molecule has 1 rings (SSSR count). The molecule has 1 unspecified atom stereocenters. The van der Waals surface area contributed by atoms with Gasteiger partial charge in [-0.05, 0) is 69.1 Å². The van der Waals surface area contributed by atoms with Gasteiger partial charge in [0.15, 0.2) is 0 Å². The summed E-state index contributed by atoms with van der Waals surface area (Å²) in [6.07, 6.45) is 11.6. The van der Waals surface area contributed by atoms with E-state index in [9.17, 15) is 0 Å². The Kier molecular flexibility index (Phi) is 7.94. The maximum Gasteiger partial charge on any atom is -0.00849 e. The van der Waals surface area contributed by atoms with E-state index in [4.69, 9.17) is 0 Å². The molecule has 0 bridgehead atoms. The highest BCUT2D eigenvalue weighted by Crippen LogP contribution is 2.50. The van der Waals surface area contributed by atoms with Crippen molar-refractivity contribution in [3.63, 3.8) is 0 Å². The van der Waals surface area contributed by atoms with Gasteiger partial charge in [-0.1, -0.05) is 70.8 Å². The molecule has 1 aliphatic rings. The molecule has 0 nitrogen and oxygen atoms in total. The zero-order valence-corrected chi connectivity index (χ0v) is 16.4. The minimum atomic E-state index is 0.459. The second-order valence-electron chi connectivity index (χ2n) is 7.10. The molecule has 0 amide bonds. The van der Waals surface area contributed by atoms with Gasteiger partial charge in [-0.2, -0.15) is 0 Å². The van der Waals surface area contributed by atoms with Gasteiger partial charge in [-0.25, -0.2) is 0 Å². The molecule has 0 saturated carbocycles. The van der Waals surface area contributed by atoms with Crippen LogP contribution in [0.2, 0.25) is 0 Å². The summed E-state index contributed by atoms with van der Waals surface area (Å²) >= 11 is 0. The quantitative estimate of drug-likeness (QED) is 0.420. The van der Waals surface area contributed by atoms with E-state index in [0.717, 1.165) is 5.92 Å². The van der Waals surface area contributed by atoms with Gasteiger partial charge in [0.2, 0.25) is 0 Å². The predicted molar refractivity (Wildman–Crippen MR) is 101 cm³/mol. The smallest absolute Gasteiger partial charge is 0.00849 e. The highest BCUT2D eigenvalue weighted by molar-refractivity contribution is 5.32. The van der Waals surface area contributed by atoms with Gasteiger partial charge in [0.1, 0.15) is 0 Å². The Morgan fingerprint density at radius 3 is 1.73 bits per heavy atom. The third-order valence-electron chi connectivity index (χ3n) is 6.51. The van der Waals surface area contributed by atoms with Crippen molar-refractivity contribution >= 4 is 0 Å². The third kappa shape index (κ3) is 3.69. The van der Waals surface area contributed by atoms with E-state index < -0.39 is 0 Å². The lowest BCUT2D eigenvalue weighted by atomic mass is 9.63. The van der Waals surface area contributed by atoms with Crippen molar-refractivity contribution in [3.05, 3.63) is 22.3 Å². The highest BCUT2D eigenvalue weighted by Gasteiger charge is 2.36. The van der Waals surface area contributed by atoms with Crippen molar-refractivity contribution in [2.75, 3.05) is 0 Å². The van der Waals surface area contributed by atoms with Crippen LogP contribution in [0.4, 0.5) is 0 Å². The normalized spacial score (nSPS) is 22.8. The van der Waals surface area contributed by atoms with Crippen LogP contribution in [0, 0.1) is 11.3 Å². The molecule has 0 radical (unpaired) electrons. The third-order valence-corrected chi connectivity index (χ3v) is 6.51. The summed E-state index contributed by atoms with van der Waals surface area (Å²) in [7, 11) is 0. The summed E-state index contributed by atoms with van der Waals surface area (Å²) in [6, 6.07) is 0. The first-order valence-corrected chi connectivity index (χ1v) is 9.99. The molecular weight excluding hydrogens is 264 g/mol. The molecule has 0 heterocycles. The van der Waals surface area contributed by atoms with E-state index in [0.29, 0.717) is 5.41 Å². The van der Waals surface area contributed by atoms with Gasteiger partial charge in [-0.15, -0.1) is 0 Å². The summed E-state index contributed by atoms with van der Waals surface area (Å²) in [5.74, 6) is 0.805. The molecule has 0 spiro atoms. The maximum absolute atomic E-state index is 2.43. The summed E-state index contributed by atoms with van der Waals surface area (Å²) in [5, 5.41) is 0. The minimum Gasteiger partial charge on any atom is -0.0678 e. The first kappa shape index (κ1) is 19.5. The van der Waals surface area contributed by atoms with Crippen LogP contribution in [0.3, 0.4) is 0 Å². The Morgan fingerprint density at radius 2 is 1.36 bits per heavy atom. The fourth-order valence-corrected chi connectivity index (χ4v) is 5.07. The van der Waals surface area contributed by atoms with Crippen molar-refractivity contribution in [2.24, 2.45) is 11.3 Å². The van der Waals surface area contributed by atoms with Crippen molar-refractivity contribution < 1.29 is 0 Å². The molecule has 0 aromatic carbocycles. The Morgan fingerprint density at radius 1 is 0.773 bits per heavy atom. The Hall–Kier alpha value is -0.520. The maximum atomic E-state index is 2.43. The van der Waals surface area contributed by atoms with Crippen molar-refractivity contribution in [1.29, 1.82) is 0 Å². The number of hydrogen-bond donors (Lipinski definition) is 0. The number of hydrogen-bond acceptors (Lipinski definition) is 0. The largest absolute Gasteiger partial charge is 0.0678 e. The van der Waals surface area contributed by atoms with Crippen LogP contribution in [0.5, 0.6) is 0 Å². The van der Waals surface area contributed by atoms with Gasteiger partial charge < -0.3 is 0 Å². The highest BCUT2D eigenvalue weighted by atomic mass is 14.4. The first-order valence-electron chi connectivity index (χ1n) is 9.99. The molecule has 128 valence electrons. The van der Waals surface area contributed by atoms with E-state index in [1.165, 1.54) is 57.8 Å². The van der Waals surface area contributed by atoms with Crippen LogP contribution >= 0.6 is 0 Å². The molecule has 1 atom stereocenters. The van der Waals surface area contributed by atoms with Crippen LogP contribution in [0.25, 0.3) is 0 Å². The molecule has 0 N–H and O–H groups in total. The van der Waals surface area contributed by atoms with Gasteiger partial charge in [0.25, 0.3) is 0 Å². The van der Waals surface area contributed by atoms with Gasteiger partial charge >= 0.3 is 0 Å². The van der Waals surface area contributed by atoms with Crippen LogP contribution < -0.4 is 0 Å². The van der Waals surface area contributed by atoms with Crippen LogP contribution in [-0.2, 0) is 0 Å². The van der Waals surface area contributed by atoms with Crippen molar-refractivity contribution in [3.8, 4) is 0 Å². The average Bonchev–Trinajstić information content (AvgIpc) is 2.55. The van der Waals surface area contributed by atoms with Crippen LogP contribution in [0.1, 0.15) is 106 Å². The molecule has 0 aromatic rings. The lowest BCUT2D eigenvalue weighted by Crippen LogP contribution is -2.29. The Labute approximate surface area is 140 Å². The minimum absolute atomic E-state index is 0.459. The average molecular weight is 305 g/mol. The van der Waals surface area contributed by atoms with E-state index >= 15 is 0 Å². The standard InChI is InChI=1S/C22H40/c1-8-17-15-18(9-2)21(12-5)22(13-6,14-7)16-19(10-3)20(17)11-4/h19H,8-16H2,1-7H3. The molecule has 22 heavy (non-hydrogen) atoms. The predicted octanol–water partition coefficient (Wildman–Crippen LogP) is 7.85. The Bertz CT molecular complexity index is 404. The fourth-order valence-electron chi connectivity index (χ4n) is 5.07. The van der Waals surface area contributed by atoms with E-state index in [1.54, 1.807) is 16.7 Å². The molecule has 0 aromatic heterocycles. The topological polar surface area (TPSA) is 0 Å².